The third kappa shape index (κ3) is 3.00. The maximum Gasteiger partial charge on any atom is 0.129 e. The Balaban J connectivity index is 1.72. The molecule has 5 heteroatoms. The first-order valence-electron chi connectivity index (χ1n) is 8.57. The van der Waals surface area contributed by atoms with Crippen molar-refractivity contribution < 1.29 is 9.94 Å². The molecule has 0 amide bonds. The lowest BCUT2D eigenvalue weighted by Crippen LogP contribution is -2.49. The maximum atomic E-state index is 11.3. The molecule has 1 heterocycles. The van der Waals surface area contributed by atoms with Crippen LogP contribution in [0.3, 0.4) is 0 Å². The number of hydrogen-bond acceptors (Lipinski definition) is 5. The molecule has 23 heavy (non-hydrogen) atoms. The highest BCUT2D eigenvalue weighted by Gasteiger charge is 2.58. The summed E-state index contributed by atoms with van der Waals surface area (Å²) in [6.45, 7) is 3.12. The number of pyridine rings is 1. The van der Waals surface area contributed by atoms with Gasteiger partial charge in [-0.3, -0.25) is 4.98 Å². The lowest BCUT2D eigenvalue weighted by Gasteiger charge is -2.48. The van der Waals surface area contributed by atoms with E-state index in [1.807, 2.05) is 18.6 Å². The zero-order valence-corrected chi connectivity index (χ0v) is 13.8. The molecule has 0 unspecified atom stereocenters. The SMILES string of the molecule is C[C@]12CC[C@H](c3ccncc3)C[C@@]1(O)CC[C@@H]2C=NOCCN. The average Bonchev–Trinajstić information content (AvgIpc) is 2.83. The first kappa shape index (κ1) is 16.4. The number of aliphatic hydroxyl groups is 1. The standard InChI is InChI=1S/C18H27N3O2/c1-17-6-2-15(14-4-9-20-10-5-14)12-18(17,22)7-3-16(17)13-21-23-11-8-19/h4-5,9-10,13,15-16,22H,2-3,6-8,11-12,19H2,1H3/t15-,16+,17+,18-/m0/s1. The molecule has 3 N–H and O–H groups in total. The van der Waals surface area contributed by atoms with Crippen molar-refractivity contribution in [3.8, 4) is 0 Å². The van der Waals surface area contributed by atoms with Gasteiger partial charge in [0.2, 0.25) is 0 Å². The van der Waals surface area contributed by atoms with Crippen molar-refractivity contribution >= 4 is 6.21 Å². The van der Waals surface area contributed by atoms with E-state index in [1.165, 1.54) is 5.56 Å². The van der Waals surface area contributed by atoms with E-state index in [1.54, 1.807) is 0 Å². The summed E-state index contributed by atoms with van der Waals surface area (Å²) in [7, 11) is 0. The van der Waals surface area contributed by atoms with E-state index in [4.69, 9.17) is 10.6 Å². The number of oxime groups is 1. The number of hydrogen-bond donors (Lipinski definition) is 2. The van der Waals surface area contributed by atoms with Gasteiger partial charge >= 0.3 is 0 Å². The summed E-state index contributed by atoms with van der Waals surface area (Å²) in [6, 6.07) is 4.15. The van der Waals surface area contributed by atoms with Crippen molar-refractivity contribution in [2.24, 2.45) is 22.2 Å². The van der Waals surface area contributed by atoms with Crippen molar-refractivity contribution in [1.82, 2.24) is 4.98 Å². The molecule has 2 fully saturated rings. The van der Waals surface area contributed by atoms with Gasteiger partial charge in [-0.05, 0) is 55.7 Å². The zero-order chi connectivity index (χ0) is 16.3. The van der Waals surface area contributed by atoms with Gasteiger partial charge in [0, 0.05) is 36.5 Å². The Hall–Kier alpha value is -1.46. The van der Waals surface area contributed by atoms with Crippen molar-refractivity contribution in [2.75, 3.05) is 13.2 Å². The fourth-order valence-electron chi connectivity index (χ4n) is 4.46. The third-order valence-corrected chi connectivity index (χ3v) is 6.05. The molecule has 5 nitrogen and oxygen atoms in total. The van der Waals surface area contributed by atoms with Gasteiger partial charge in [0.05, 0.1) is 5.60 Å². The van der Waals surface area contributed by atoms with Crippen molar-refractivity contribution in [3.63, 3.8) is 0 Å². The smallest absolute Gasteiger partial charge is 0.129 e. The Morgan fingerprint density at radius 2 is 2.17 bits per heavy atom. The van der Waals surface area contributed by atoms with E-state index in [0.29, 0.717) is 19.1 Å². The van der Waals surface area contributed by atoms with Crippen LogP contribution in [0.2, 0.25) is 0 Å². The number of nitrogens with two attached hydrogens (primary N) is 1. The summed E-state index contributed by atoms with van der Waals surface area (Å²) < 4.78 is 0. The molecule has 0 aromatic carbocycles. The second-order valence-electron chi connectivity index (χ2n) is 7.19. The second-order valence-corrected chi connectivity index (χ2v) is 7.19. The normalized spacial score (nSPS) is 37.0. The van der Waals surface area contributed by atoms with Gasteiger partial charge in [0.25, 0.3) is 0 Å². The number of fused-ring (bicyclic) bond motifs is 1. The van der Waals surface area contributed by atoms with Crippen LogP contribution in [0.25, 0.3) is 0 Å². The van der Waals surface area contributed by atoms with Crippen molar-refractivity contribution in [3.05, 3.63) is 30.1 Å². The number of aromatic nitrogens is 1. The minimum absolute atomic E-state index is 0.119. The van der Waals surface area contributed by atoms with E-state index in [0.717, 1.165) is 32.1 Å². The Morgan fingerprint density at radius 3 is 2.91 bits per heavy atom. The van der Waals surface area contributed by atoms with Gasteiger partial charge in [0.15, 0.2) is 0 Å². The van der Waals surface area contributed by atoms with Gasteiger partial charge in [-0.15, -0.1) is 0 Å². The zero-order valence-electron chi connectivity index (χ0n) is 13.8. The van der Waals surface area contributed by atoms with Crippen LogP contribution in [0.1, 0.15) is 50.5 Å². The monoisotopic (exact) mass is 317 g/mol. The van der Waals surface area contributed by atoms with E-state index < -0.39 is 5.60 Å². The third-order valence-electron chi connectivity index (χ3n) is 6.05. The Kier molecular flexibility index (Phi) is 4.69. The lowest BCUT2D eigenvalue weighted by molar-refractivity contribution is -0.0959. The highest BCUT2D eigenvalue weighted by molar-refractivity contribution is 5.62. The first-order valence-corrected chi connectivity index (χ1v) is 8.57. The molecule has 2 aliphatic rings. The van der Waals surface area contributed by atoms with Crippen LogP contribution in [0, 0.1) is 11.3 Å². The van der Waals surface area contributed by atoms with Gasteiger partial charge < -0.3 is 15.7 Å². The Bertz CT molecular complexity index is 550. The van der Waals surface area contributed by atoms with E-state index in [9.17, 15) is 5.11 Å². The van der Waals surface area contributed by atoms with Crippen LogP contribution in [-0.2, 0) is 4.84 Å². The molecule has 0 bridgehead atoms. The summed E-state index contributed by atoms with van der Waals surface area (Å²) in [5.41, 5.74) is 5.95. The molecule has 2 aliphatic carbocycles. The molecule has 1 aromatic rings. The summed E-state index contributed by atoms with van der Waals surface area (Å²) in [5, 5.41) is 15.4. The predicted octanol–water partition coefficient (Wildman–Crippen LogP) is 2.46. The lowest BCUT2D eigenvalue weighted by atomic mass is 9.59. The van der Waals surface area contributed by atoms with Gasteiger partial charge in [-0.2, -0.15) is 0 Å². The number of rotatable bonds is 5. The van der Waals surface area contributed by atoms with Crippen molar-refractivity contribution in [2.45, 2.75) is 50.5 Å². The topological polar surface area (TPSA) is 80.7 Å². The highest BCUT2D eigenvalue weighted by Crippen LogP contribution is 2.60. The Labute approximate surface area is 137 Å². The molecule has 0 aliphatic heterocycles. The molecule has 1 aromatic heterocycles. The summed E-state index contributed by atoms with van der Waals surface area (Å²) in [6.07, 6.45) is 10.3. The van der Waals surface area contributed by atoms with Crippen LogP contribution in [0.15, 0.2) is 29.7 Å². The fourth-order valence-corrected chi connectivity index (χ4v) is 4.46. The van der Waals surface area contributed by atoms with E-state index in [-0.39, 0.29) is 11.3 Å². The molecule has 0 radical (unpaired) electrons. The quantitative estimate of drug-likeness (QED) is 0.496. The highest BCUT2D eigenvalue weighted by atomic mass is 16.6. The predicted molar refractivity (Wildman–Crippen MR) is 90.1 cm³/mol. The fraction of sp³-hybridized carbons (Fsp3) is 0.667. The molecule has 0 saturated heterocycles. The van der Waals surface area contributed by atoms with Crippen LogP contribution in [-0.4, -0.2) is 35.1 Å². The van der Waals surface area contributed by atoms with Gasteiger partial charge in [-0.1, -0.05) is 12.1 Å². The summed E-state index contributed by atoms with van der Waals surface area (Å²) in [5.74, 6) is 0.684. The van der Waals surface area contributed by atoms with Crippen molar-refractivity contribution in [1.29, 1.82) is 0 Å². The largest absolute Gasteiger partial charge is 0.395 e. The first-order chi connectivity index (χ1) is 11.1. The molecule has 4 atom stereocenters. The Morgan fingerprint density at radius 1 is 1.39 bits per heavy atom. The van der Waals surface area contributed by atoms with Crippen LogP contribution >= 0.6 is 0 Å². The average molecular weight is 317 g/mol. The molecule has 126 valence electrons. The van der Waals surface area contributed by atoms with Crippen LogP contribution in [0.5, 0.6) is 0 Å². The van der Waals surface area contributed by atoms with Crippen LogP contribution < -0.4 is 5.73 Å². The van der Waals surface area contributed by atoms with Gasteiger partial charge in [0.1, 0.15) is 6.61 Å². The molecular weight excluding hydrogens is 290 g/mol. The van der Waals surface area contributed by atoms with Crippen LogP contribution in [0.4, 0.5) is 0 Å². The minimum atomic E-state index is -0.621. The maximum absolute atomic E-state index is 11.3. The van der Waals surface area contributed by atoms with E-state index in [2.05, 4.69) is 29.2 Å². The second kappa shape index (κ2) is 6.57. The summed E-state index contributed by atoms with van der Waals surface area (Å²) in [4.78, 5) is 9.24. The number of nitrogens with zero attached hydrogens (tertiary/aromatic N) is 2. The van der Waals surface area contributed by atoms with E-state index >= 15 is 0 Å². The molecule has 0 spiro atoms. The molecule has 3 rings (SSSR count). The molecular formula is C18H27N3O2. The molecule has 2 saturated carbocycles. The summed E-state index contributed by atoms with van der Waals surface area (Å²) >= 11 is 0. The van der Waals surface area contributed by atoms with Gasteiger partial charge in [-0.25, -0.2) is 0 Å². The minimum Gasteiger partial charge on any atom is -0.395 e.